The number of benzene rings is 1. The zero-order chi connectivity index (χ0) is 15.9. The van der Waals surface area contributed by atoms with E-state index in [1.165, 1.54) is 18.2 Å². The van der Waals surface area contributed by atoms with Crippen LogP contribution in [0.4, 0.5) is 5.69 Å². The number of carbonyl (C=O) groups excluding carboxylic acids is 1. The molecule has 0 atom stereocenters. The Hall–Kier alpha value is -1.70. The summed E-state index contributed by atoms with van der Waals surface area (Å²) in [5.74, 6) is -0.133. The lowest BCUT2D eigenvalue weighted by Gasteiger charge is -2.27. The summed E-state index contributed by atoms with van der Waals surface area (Å²) in [6.45, 7) is 5.34. The number of nitrogens with one attached hydrogen (secondary N) is 2. The lowest BCUT2D eigenvalue weighted by atomic mass is 10.1. The molecule has 1 fully saturated rings. The van der Waals surface area contributed by atoms with Crippen LogP contribution in [0.2, 0.25) is 5.02 Å². The van der Waals surface area contributed by atoms with E-state index >= 15 is 0 Å². The minimum absolute atomic E-state index is 0.0760. The second kappa shape index (κ2) is 8.07. The highest BCUT2D eigenvalue weighted by Crippen LogP contribution is 2.22. The van der Waals surface area contributed by atoms with Crippen LogP contribution in [-0.4, -0.2) is 55.0 Å². The molecule has 0 radical (unpaired) electrons. The van der Waals surface area contributed by atoms with Gasteiger partial charge in [-0.05, 0) is 5.56 Å². The molecule has 1 saturated heterocycles. The van der Waals surface area contributed by atoms with Crippen LogP contribution in [0.25, 0.3) is 0 Å². The molecule has 0 bridgehead atoms. The van der Waals surface area contributed by atoms with Gasteiger partial charge in [0.2, 0.25) is 5.91 Å². The van der Waals surface area contributed by atoms with Crippen molar-refractivity contribution in [2.45, 2.75) is 6.42 Å². The van der Waals surface area contributed by atoms with Crippen molar-refractivity contribution in [3.05, 3.63) is 38.9 Å². The molecule has 0 unspecified atom stereocenters. The summed E-state index contributed by atoms with van der Waals surface area (Å²) < 4.78 is 0. The van der Waals surface area contributed by atoms with Crippen molar-refractivity contribution in [3.63, 3.8) is 0 Å². The van der Waals surface area contributed by atoms with Crippen LogP contribution in [-0.2, 0) is 11.2 Å². The second-order valence-corrected chi connectivity index (χ2v) is 5.56. The number of nitrogens with zero attached hydrogens (tertiary/aromatic N) is 2. The van der Waals surface area contributed by atoms with Gasteiger partial charge in [0, 0.05) is 51.4 Å². The SMILES string of the molecule is O=C(Cc1ccc([N+](=O)[O-])cc1Cl)NCCN1CCNCC1. The van der Waals surface area contributed by atoms with Gasteiger partial charge in [0.25, 0.3) is 5.69 Å². The predicted molar refractivity (Wildman–Crippen MR) is 84.1 cm³/mol. The highest BCUT2D eigenvalue weighted by Gasteiger charge is 2.13. The van der Waals surface area contributed by atoms with Gasteiger partial charge in [-0.2, -0.15) is 0 Å². The number of rotatable bonds is 6. The molecule has 1 aromatic carbocycles. The minimum atomic E-state index is -0.511. The number of hydrogen-bond donors (Lipinski definition) is 2. The van der Waals surface area contributed by atoms with Gasteiger partial charge in [0.05, 0.1) is 16.4 Å². The number of piperazine rings is 1. The van der Waals surface area contributed by atoms with E-state index in [1.807, 2.05) is 0 Å². The predicted octanol–water partition coefficient (Wildman–Crippen LogP) is 0.812. The molecule has 0 aliphatic carbocycles. The number of halogens is 1. The van der Waals surface area contributed by atoms with Crippen molar-refractivity contribution in [1.82, 2.24) is 15.5 Å². The quantitative estimate of drug-likeness (QED) is 0.597. The molecule has 1 aliphatic rings. The van der Waals surface area contributed by atoms with Gasteiger partial charge in [-0.25, -0.2) is 0 Å². The summed E-state index contributed by atoms with van der Waals surface area (Å²) in [5, 5.41) is 17.0. The third kappa shape index (κ3) is 4.94. The van der Waals surface area contributed by atoms with Crippen LogP contribution in [0.15, 0.2) is 18.2 Å². The van der Waals surface area contributed by atoms with E-state index in [1.54, 1.807) is 0 Å². The van der Waals surface area contributed by atoms with E-state index in [9.17, 15) is 14.9 Å². The molecular weight excluding hydrogens is 308 g/mol. The zero-order valence-corrected chi connectivity index (χ0v) is 12.9. The smallest absolute Gasteiger partial charge is 0.270 e. The van der Waals surface area contributed by atoms with Crippen molar-refractivity contribution in [2.75, 3.05) is 39.3 Å². The van der Waals surface area contributed by atoms with Gasteiger partial charge >= 0.3 is 0 Å². The molecule has 7 nitrogen and oxygen atoms in total. The van der Waals surface area contributed by atoms with Gasteiger partial charge in [-0.1, -0.05) is 17.7 Å². The topological polar surface area (TPSA) is 87.5 Å². The summed E-state index contributed by atoms with van der Waals surface area (Å²) in [4.78, 5) is 24.3. The molecule has 1 heterocycles. The third-order valence-electron chi connectivity index (χ3n) is 3.56. The monoisotopic (exact) mass is 326 g/mol. The number of amides is 1. The Bertz CT molecular complexity index is 547. The van der Waals surface area contributed by atoms with E-state index in [-0.39, 0.29) is 23.0 Å². The average molecular weight is 327 g/mol. The Morgan fingerprint density at radius 3 is 2.77 bits per heavy atom. The van der Waals surface area contributed by atoms with Crippen LogP contribution >= 0.6 is 11.6 Å². The molecule has 2 rings (SSSR count). The number of hydrogen-bond acceptors (Lipinski definition) is 5. The van der Waals surface area contributed by atoms with Gasteiger partial charge in [-0.3, -0.25) is 19.8 Å². The van der Waals surface area contributed by atoms with Crippen LogP contribution in [0.3, 0.4) is 0 Å². The molecule has 1 amide bonds. The van der Waals surface area contributed by atoms with Gasteiger partial charge in [0.1, 0.15) is 0 Å². The molecule has 8 heteroatoms. The van der Waals surface area contributed by atoms with Crippen LogP contribution in [0.1, 0.15) is 5.56 Å². The Morgan fingerprint density at radius 2 is 2.14 bits per heavy atom. The van der Waals surface area contributed by atoms with E-state index in [4.69, 9.17) is 11.6 Å². The highest BCUT2D eigenvalue weighted by molar-refractivity contribution is 6.31. The molecule has 0 saturated carbocycles. The fourth-order valence-electron chi connectivity index (χ4n) is 2.32. The fourth-order valence-corrected chi connectivity index (χ4v) is 2.56. The first-order valence-electron chi connectivity index (χ1n) is 7.19. The van der Waals surface area contributed by atoms with E-state index in [0.717, 1.165) is 32.7 Å². The highest BCUT2D eigenvalue weighted by atomic mass is 35.5. The summed E-state index contributed by atoms with van der Waals surface area (Å²) in [6.07, 6.45) is 0.123. The molecule has 1 aliphatic heterocycles. The third-order valence-corrected chi connectivity index (χ3v) is 3.91. The average Bonchev–Trinajstić information content (AvgIpc) is 2.50. The number of nitro benzene ring substituents is 1. The molecule has 0 spiro atoms. The molecule has 2 N–H and O–H groups in total. The number of nitro groups is 1. The van der Waals surface area contributed by atoms with Crippen LogP contribution < -0.4 is 10.6 Å². The normalized spacial score (nSPS) is 15.5. The Labute approximate surface area is 133 Å². The number of non-ortho nitro benzene ring substituents is 1. The van der Waals surface area contributed by atoms with E-state index < -0.39 is 4.92 Å². The van der Waals surface area contributed by atoms with E-state index in [2.05, 4.69) is 15.5 Å². The molecule has 120 valence electrons. The summed E-state index contributed by atoms with van der Waals surface area (Å²) in [6, 6.07) is 4.15. The number of carbonyl (C=O) groups is 1. The van der Waals surface area contributed by atoms with Crippen molar-refractivity contribution in [1.29, 1.82) is 0 Å². The lowest BCUT2D eigenvalue weighted by molar-refractivity contribution is -0.384. The maximum Gasteiger partial charge on any atom is 0.270 e. The lowest BCUT2D eigenvalue weighted by Crippen LogP contribution is -2.46. The first-order chi connectivity index (χ1) is 10.6. The standard InChI is InChI=1S/C14H19ClN4O3/c15-13-10-12(19(21)22)2-1-11(13)9-14(20)17-5-8-18-6-3-16-4-7-18/h1-2,10,16H,3-9H2,(H,17,20). The van der Waals surface area contributed by atoms with Crippen molar-refractivity contribution in [2.24, 2.45) is 0 Å². The first-order valence-corrected chi connectivity index (χ1v) is 7.56. The Kier molecular flexibility index (Phi) is 6.11. The molecular formula is C14H19ClN4O3. The maximum atomic E-state index is 11.9. The molecule has 22 heavy (non-hydrogen) atoms. The molecule has 1 aromatic rings. The fraction of sp³-hybridized carbons (Fsp3) is 0.500. The van der Waals surface area contributed by atoms with Gasteiger partial charge < -0.3 is 10.6 Å². The first kappa shape index (κ1) is 16.7. The maximum absolute atomic E-state index is 11.9. The van der Waals surface area contributed by atoms with Crippen LogP contribution in [0, 0.1) is 10.1 Å². The minimum Gasteiger partial charge on any atom is -0.355 e. The summed E-state index contributed by atoms with van der Waals surface area (Å²) >= 11 is 5.97. The van der Waals surface area contributed by atoms with E-state index in [0.29, 0.717) is 12.1 Å². The van der Waals surface area contributed by atoms with Gasteiger partial charge in [-0.15, -0.1) is 0 Å². The zero-order valence-electron chi connectivity index (χ0n) is 12.2. The van der Waals surface area contributed by atoms with Gasteiger partial charge in [0.15, 0.2) is 0 Å². The van der Waals surface area contributed by atoms with Crippen LogP contribution in [0.5, 0.6) is 0 Å². The van der Waals surface area contributed by atoms with Crippen molar-refractivity contribution >= 4 is 23.2 Å². The largest absolute Gasteiger partial charge is 0.355 e. The second-order valence-electron chi connectivity index (χ2n) is 5.15. The summed E-state index contributed by atoms with van der Waals surface area (Å²) in [5.41, 5.74) is 0.514. The van der Waals surface area contributed by atoms with Crippen molar-refractivity contribution in [3.8, 4) is 0 Å². The van der Waals surface area contributed by atoms with Crippen molar-refractivity contribution < 1.29 is 9.72 Å². The molecule has 0 aromatic heterocycles. The Balaban J connectivity index is 1.77. The summed E-state index contributed by atoms with van der Waals surface area (Å²) in [7, 11) is 0. The Morgan fingerprint density at radius 1 is 1.41 bits per heavy atom.